The Balaban J connectivity index is 1.86. The molecule has 0 atom stereocenters. The minimum Gasteiger partial charge on any atom is -0.326 e. The van der Waals surface area contributed by atoms with Gasteiger partial charge in [-0.05, 0) is 24.1 Å². The molecule has 0 aromatic carbocycles. The van der Waals surface area contributed by atoms with Crippen molar-refractivity contribution in [3.8, 4) is 0 Å². The fraction of sp³-hybridized carbons (Fsp3) is 0.333. The highest BCUT2D eigenvalue weighted by molar-refractivity contribution is 7.89. The Kier molecular flexibility index (Phi) is 4.83. The van der Waals surface area contributed by atoms with E-state index in [-0.39, 0.29) is 5.03 Å². The first-order chi connectivity index (χ1) is 9.62. The van der Waals surface area contributed by atoms with Crippen LogP contribution in [-0.4, -0.2) is 29.7 Å². The third kappa shape index (κ3) is 3.86. The highest BCUT2D eigenvalue weighted by Gasteiger charge is 2.14. The molecule has 0 radical (unpaired) electrons. The monoisotopic (exact) mass is 295 g/mol. The van der Waals surface area contributed by atoms with Crippen molar-refractivity contribution in [1.82, 2.24) is 19.5 Å². The first-order valence-corrected chi connectivity index (χ1v) is 7.72. The number of aromatic nitrogens is 3. The molecule has 2 aromatic heterocycles. The van der Waals surface area contributed by atoms with Crippen LogP contribution in [0.2, 0.25) is 0 Å². The number of nitrogens with two attached hydrogens (primary N) is 1. The lowest BCUT2D eigenvalue weighted by molar-refractivity contribution is 0.551. The lowest BCUT2D eigenvalue weighted by Gasteiger charge is -2.06. The predicted octanol–water partition coefficient (Wildman–Crippen LogP) is 0.105. The largest absolute Gasteiger partial charge is 0.326 e. The molecule has 0 saturated heterocycles. The van der Waals surface area contributed by atoms with E-state index in [1.54, 1.807) is 16.9 Å². The zero-order valence-electron chi connectivity index (χ0n) is 10.9. The fourth-order valence-corrected chi connectivity index (χ4v) is 2.64. The maximum absolute atomic E-state index is 12.0. The van der Waals surface area contributed by atoms with E-state index in [0.717, 1.165) is 5.56 Å². The molecule has 2 rings (SSSR count). The van der Waals surface area contributed by atoms with E-state index >= 15 is 0 Å². The molecule has 0 fully saturated rings. The van der Waals surface area contributed by atoms with Crippen LogP contribution in [0.3, 0.4) is 0 Å². The molecule has 0 unspecified atom stereocenters. The molecule has 8 heteroatoms. The van der Waals surface area contributed by atoms with Crippen LogP contribution in [0.1, 0.15) is 12.0 Å². The zero-order chi connectivity index (χ0) is 14.4. The number of rotatable bonds is 7. The Morgan fingerprint density at radius 1 is 1.35 bits per heavy atom. The van der Waals surface area contributed by atoms with Gasteiger partial charge in [0, 0.05) is 38.2 Å². The van der Waals surface area contributed by atoms with E-state index in [1.807, 2.05) is 12.3 Å². The predicted molar refractivity (Wildman–Crippen MR) is 74.2 cm³/mol. The van der Waals surface area contributed by atoms with Crippen LogP contribution in [0.5, 0.6) is 0 Å². The number of nitrogens with zero attached hydrogens (tertiary/aromatic N) is 3. The summed E-state index contributed by atoms with van der Waals surface area (Å²) in [5.74, 6) is 0. The summed E-state index contributed by atoms with van der Waals surface area (Å²) in [6, 6.07) is 4.94. The van der Waals surface area contributed by atoms with Gasteiger partial charge >= 0.3 is 0 Å². The second kappa shape index (κ2) is 6.60. The fourth-order valence-electron chi connectivity index (χ4n) is 1.64. The Morgan fingerprint density at radius 2 is 2.20 bits per heavy atom. The van der Waals surface area contributed by atoms with Gasteiger partial charge in [0.1, 0.15) is 0 Å². The summed E-state index contributed by atoms with van der Waals surface area (Å²) in [5, 5.41) is 4.05. The first-order valence-electron chi connectivity index (χ1n) is 6.24. The van der Waals surface area contributed by atoms with Gasteiger partial charge in [-0.2, -0.15) is 5.10 Å². The molecule has 0 bridgehead atoms. The highest BCUT2D eigenvalue weighted by Crippen LogP contribution is 2.06. The third-order valence-electron chi connectivity index (χ3n) is 2.72. The summed E-state index contributed by atoms with van der Waals surface area (Å²) in [6.07, 6.45) is 5.65. The lowest BCUT2D eigenvalue weighted by Crippen LogP contribution is -2.26. The van der Waals surface area contributed by atoms with Crippen LogP contribution in [0, 0.1) is 0 Å². The molecule has 0 saturated carbocycles. The van der Waals surface area contributed by atoms with Gasteiger partial charge in [-0.15, -0.1) is 0 Å². The van der Waals surface area contributed by atoms with Crippen molar-refractivity contribution in [3.63, 3.8) is 0 Å². The molecule has 0 aliphatic carbocycles. The number of hydrogen-bond donors (Lipinski definition) is 2. The van der Waals surface area contributed by atoms with Crippen LogP contribution < -0.4 is 10.5 Å². The van der Waals surface area contributed by atoms with Gasteiger partial charge in [-0.3, -0.25) is 4.68 Å². The number of sulfonamides is 1. The van der Waals surface area contributed by atoms with Crippen LogP contribution in [-0.2, 0) is 23.1 Å². The number of nitrogens with one attached hydrogen (secondary N) is 1. The van der Waals surface area contributed by atoms with Gasteiger partial charge in [-0.25, -0.2) is 18.1 Å². The van der Waals surface area contributed by atoms with Gasteiger partial charge in [0.15, 0.2) is 5.03 Å². The number of aryl methyl sites for hydroxylation is 1. The standard InChI is InChI=1S/C12H17N5O2S/c13-9-11-3-4-12(14-10-11)20(18,19)16-6-2-8-17-7-1-5-15-17/h1,3-5,7,10,16H,2,6,8-9,13H2. The summed E-state index contributed by atoms with van der Waals surface area (Å²) < 4.78 is 28.2. The average Bonchev–Trinajstić information content (AvgIpc) is 2.97. The Bertz CT molecular complexity index is 622. The summed E-state index contributed by atoms with van der Waals surface area (Å²) in [5.41, 5.74) is 6.23. The molecule has 108 valence electrons. The lowest BCUT2D eigenvalue weighted by atomic mass is 10.3. The summed E-state index contributed by atoms with van der Waals surface area (Å²) in [4.78, 5) is 3.90. The number of pyridine rings is 1. The molecule has 3 N–H and O–H groups in total. The van der Waals surface area contributed by atoms with Crippen molar-refractivity contribution in [1.29, 1.82) is 0 Å². The van der Waals surface area contributed by atoms with Crippen molar-refractivity contribution >= 4 is 10.0 Å². The molecular weight excluding hydrogens is 278 g/mol. The molecular formula is C12H17N5O2S. The molecule has 0 aliphatic heterocycles. The summed E-state index contributed by atoms with van der Waals surface area (Å²) in [6.45, 7) is 1.34. The SMILES string of the molecule is NCc1ccc(S(=O)(=O)NCCCn2cccn2)nc1. The molecule has 2 aromatic rings. The minimum atomic E-state index is -3.56. The van der Waals surface area contributed by atoms with Crippen molar-refractivity contribution in [2.24, 2.45) is 5.73 Å². The topological polar surface area (TPSA) is 103 Å². The molecule has 0 amide bonds. The van der Waals surface area contributed by atoms with E-state index < -0.39 is 10.0 Å². The van der Waals surface area contributed by atoms with Gasteiger partial charge in [0.05, 0.1) is 0 Å². The van der Waals surface area contributed by atoms with E-state index in [1.165, 1.54) is 12.3 Å². The van der Waals surface area contributed by atoms with Gasteiger partial charge < -0.3 is 5.73 Å². The van der Waals surface area contributed by atoms with Crippen LogP contribution in [0.25, 0.3) is 0 Å². The quantitative estimate of drug-likeness (QED) is 0.705. The minimum absolute atomic E-state index is 0.00814. The van der Waals surface area contributed by atoms with Crippen LogP contribution in [0.15, 0.2) is 41.8 Å². The highest BCUT2D eigenvalue weighted by atomic mass is 32.2. The van der Waals surface area contributed by atoms with E-state index in [0.29, 0.717) is 26.1 Å². The molecule has 2 heterocycles. The van der Waals surface area contributed by atoms with Crippen molar-refractivity contribution in [2.75, 3.05) is 6.54 Å². The molecule has 0 aliphatic rings. The van der Waals surface area contributed by atoms with E-state index in [9.17, 15) is 8.42 Å². The maximum Gasteiger partial charge on any atom is 0.258 e. The van der Waals surface area contributed by atoms with Gasteiger partial charge in [0.25, 0.3) is 10.0 Å². The Labute approximate surface area is 117 Å². The van der Waals surface area contributed by atoms with Gasteiger partial charge in [0.2, 0.25) is 0 Å². The Morgan fingerprint density at radius 3 is 2.80 bits per heavy atom. The van der Waals surface area contributed by atoms with Gasteiger partial charge in [-0.1, -0.05) is 6.07 Å². The van der Waals surface area contributed by atoms with Crippen LogP contribution in [0.4, 0.5) is 0 Å². The molecule has 20 heavy (non-hydrogen) atoms. The van der Waals surface area contributed by atoms with Crippen LogP contribution >= 0.6 is 0 Å². The van der Waals surface area contributed by atoms with Crippen molar-refractivity contribution < 1.29 is 8.42 Å². The average molecular weight is 295 g/mol. The van der Waals surface area contributed by atoms with Crippen molar-refractivity contribution in [3.05, 3.63) is 42.4 Å². The zero-order valence-corrected chi connectivity index (χ0v) is 11.8. The second-order valence-electron chi connectivity index (χ2n) is 4.23. The summed E-state index contributed by atoms with van der Waals surface area (Å²) >= 11 is 0. The third-order valence-corrected chi connectivity index (χ3v) is 4.10. The molecule has 0 spiro atoms. The smallest absolute Gasteiger partial charge is 0.258 e. The normalized spacial score (nSPS) is 11.7. The Hall–Kier alpha value is -1.77. The second-order valence-corrected chi connectivity index (χ2v) is 5.94. The number of hydrogen-bond acceptors (Lipinski definition) is 5. The van der Waals surface area contributed by atoms with Crippen molar-refractivity contribution in [2.45, 2.75) is 24.5 Å². The summed E-state index contributed by atoms with van der Waals surface area (Å²) in [7, 11) is -3.56. The van der Waals surface area contributed by atoms with E-state index in [4.69, 9.17) is 5.73 Å². The first kappa shape index (κ1) is 14.6. The van der Waals surface area contributed by atoms with E-state index in [2.05, 4.69) is 14.8 Å². The maximum atomic E-state index is 12.0. The molecule has 7 nitrogen and oxygen atoms in total.